The maximum Gasteiger partial charge on any atom is 0.319 e. The third-order valence-electron chi connectivity index (χ3n) is 4.94. The minimum absolute atomic E-state index is 0.233. The van der Waals surface area contributed by atoms with Crippen LogP contribution in [0.1, 0.15) is 44.9 Å². The molecular weight excluding hydrogens is 449 g/mol. The molecule has 168 valence electrons. The van der Waals surface area contributed by atoms with Crippen LogP contribution >= 0.6 is 23.2 Å². The molecule has 0 unspecified atom stereocenters. The molecular formula is C24H25Cl2N3O3. The molecule has 1 heterocycles. The molecule has 8 heteroatoms. The van der Waals surface area contributed by atoms with Crippen molar-refractivity contribution in [3.05, 3.63) is 68.8 Å². The number of nitrogens with zero attached hydrogens (tertiary/aromatic N) is 1. The van der Waals surface area contributed by atoms with E-state index in [1.807, 2.05) is 39.8 Å². The average Bonchev–Trinajstić information content (AvgIpc) is 2.72. The summed E-state index contributed by atoms with van der Waals surface area (Å²) < 4.78 is 11.7. The zero-order valence-electron chi connectivity index (χ0n) is 18.4. The topological polar surface area (TPSA) is 83.4 Å². The molecule has 2 N–H and O–H groups in total. The molecule has 0 fully saturated rings. The Morgan fingerprint density at radius 3 is 2.47 bits per heavy atom. The average molecular weight is 474 g/mol. The summed E-state index contributed by atoms with van der Waals surface area (Å²) in [5.74, 6) is 1.04. The van der Waals surface area contributed by atoms with E-state index in [4.69, 9.17) is 32.7 Å². The SMILES string of the molecule is CCOc1cc([C@@H]2NC(=O)NC(C(C)(C)C)=C2C#N)ccc1OCc1ccc(Cl)cc1Cl. The lowest BCUT2D eigenvalue weighted by molar-refractivity contribution is 0.235. The Hall–Kier alpha value is -2.88. The number of urea groups is 1. The van der Waals surface area contributed by atoms with E-state index < -0.39 is 11.5 Å². The third-order valence-corrected chi connectivity index (χ3v) is 5.53. The molecule has 2 aromatic rings. The zero-order chi connectivity index (χ0) is 23.5. The van der Waals surface area contributed by atoms with Crippen LogP contribution in [0.4, 0.5) is 4.79 Å². The van der Waals surface area contributed by atoms with Gasteiger partial charge >= 0.3 is 6.03 Å². The number of carbonyl (C=O) groups excluding carboxylic acids is 1. The van der Waals surface area contributed by atoms with Crippen molar-refractivity contribution in [2.45, 2.75) is 40.3 Å². The number of ether oxygens (including phenoxy) is 2. The maximum absolute atomic E-state index is 12.3. The molecule has 32 heavy (non-hydrogen) atoms. The number of allylic oxidation sites excluding steroid dienone is 1. The molecule has 2 amide bonds. The fraction of sp³-hybridized carbons (Fsp3) is 0.333. The first kappa shape index (κ1) is 23.8. The molecule has 0 aliphatic carbocycles. The van der Waals surface area contributed by atoms with Crippen LogP contribution < -0.4 is 20.1 Å². The van der Waals surface area contributed by atoms with Crippen molar-refractivity contribution in [1.29, 1.82) is 5.26 Å². The van der Waals surface area contributed by atoms with Crippen LogP contribution in [0.15, 0.2) is 47.7 Å². The first-order chi connectivity index (χ1) is 15.1. The Balaban J connectivity index is 1.94. The van der Waals surface area contributed by atoms with Crippen molar-refractivity contribution in [1.82, 2.24) is 10.6 Å². The lowest BCUT2D eigenvalue weighted by Gasteiger charge is -2.33. The lowest BCUT2D eigenvalue weighted by Crippen LogP contribution is -2.46. The van der Waals surface area contributed by atoms with Crippen LogP contribution in [-0.4, -0.2) is 12.6 Å². The van der Waals surface area contributed by atoms with Gasteiger partial charge < -0.3 is 20.1 Å². The molecule has 3 rings (SSSR count). The Bertz CT molecular complexity index is 1100. The zero-order valence-corrected chi connectivity index (χ0v) is 19.9. The van der Waals surface area contributed by atoms with Gasteiger partial charge in [0, 0.05) is 26.7 Å². The van der Waals surface area contributed by atoms with E-state index >= 15 is 0 Å². The van der Waals surface area contributed by atoms with E-state index in [0.29, 0.717) is 39.4 Å². The smallest absolute Gasteiger partial charge is 0.319 e. The fourth-order valence-electron chi connectivity index (χ4n) is 3.41. The van der Waals surface area contributed by atoms with Crippen molar-refractivity contribution in [3.63, 3.8) is 0 Å². The largest absolute Gasteiger partial charge is 0.490 e. The van der Waals surface area contributed by atoms with Crippen molar-refractivity contribution >= 4 is 29.2 Å². The summed E-state index contributed by atoms with van der Waals surface area (Å²) >= 11 is 12.2. The van der Waals surface area contributed by atoms with Gasteiger partial charge in [-0.15, -0.1) is 0 Å². The second-order valence-electron chi connectivity index (χ2n) is 8.35. The minimum atomic E-state index is -0.595. The molecule has 1 aliphatic rings. The van der Waals surface area contributed by atoms with Gasteiger partial charge in [-0.3, -0.25) is 0 Å². The molecule has 0 aromatic heterocycles. The quantitative estimate of drug-likeness (QED) is 0.526. The Morgan fingerprint density at radius 1 is 1.09 bits per heavy atom. The second kappa shape index (κ2) is 9.72. The monoisotopic (exact) mass is 473 g/mol. The number of nitriles is 1. The minimum Gasteiger partial charge on any atom is -0.490 e. The van der Waals surface area contributed by atoms with E-state index in [1.54, 1.807) is 24.3 Å². The summed E-state index contributed by atoms with van der Waals surface area (Å²) in [6.07, 6.45) is 0. The molecule has 0 radical (unpaired) electrons. The van der Waals surface area contributed by atoms with Crippen LogP contribution in [0.25, 0.3) is 0 Å². The summed E-state index contributed by atoms with van der Waals surface area (Å²) in [7, 11) is 0. The standard InChI is InChI=1S/C24H25Cl2N3O3/c1-5-31-20-10-14(21-17(12-27)22(24(2,3)4)29-23(30)28-21)7-9-19(20)32-13-15-6-8-16(25)11-18(15)26/h6-11,21H,5,13H2,1-4H3,(H2,28,29,30)/t21-/m0/s1. The summed E-state index contributed by atoms with van der Waals surface area (Å²) in [4.78, 5) is 12.3. The van der Waals surface area contributed by atoms with Crippen LogP contribution in [0, 0.1) is 16.7 Å². The number of nitrogens with one attached hydrogen (secondary N) is 2. The molecule has 2 aromatic carbocycles. The molecule has 0 saturated heterocycles. The molecule has 0 saturated carbocycles. The van der Waals surface area contributed by atoms with Crippen molar-refractivity contribution in [2.24, 2.45) is 5.41 Å². The third kappa shape index (κ3) is 5.29. The first-order valence-electron chi connectivity index (χ1n) is 10.2. The molecule has 0 spiro atoms. The van der Waals surface area contributed by atoms with Gasteiger partial charge in [-0.05, 0) is 36.8 Å². The van der Waals surface area contributed by atoms with Gasteiger partial charge in [0.2, 0.25) is 0 Å². The number of rotatable bonds is 6. The highest BCUT2D eigenvalue weighted by Crippen LogP contribution is 2.38. The number of amides is 2. The second-order valence-corrected chi connectivity index (χ2v) is 9.19. The Kier molecular flexibility index (Phi) is 7.22. The Morgan fingerprint density at radius 2 is 1.84 bits per heavy atom. The van der Waals surface area contributed by atoms with Crippen LogP contribution in [0.3, 0.4) is 0 Å². The van der Waals surface area contributed by atoms with E-state index in [2.05, 4.69) is 16.7 Å². The number of hydrogen-bond acceptors (Lipinski definition) is 4. The van der Waals surface area contributed by atoms with Gasteiger partial charge in [-0.1, -0.05) is 56.1 Å². The molecule has 1 aliphatic heterocycles. The van der Waals surface area contributed by atoms with Gasteiger partial charge in [0.1, 0.15) is 6.61 Å². The summed E-state index contributed by atoms with van der Waals surface area (Å²) in [5, 5.41) is 16.5. The van der Waals surface area contributed by atoms with Crippen molar-refractivity contribution < 1.29 is 14.3 Å². The van der Waals surface area contributed by atoms with E-state index in [1.165, 1.54) is 0 Å². The van der Waals surface area contributed by atoms with Crippen molar-refractivity contribution in [3.8, 4) is 17.6 Å². The maximum atomic E-state index is 12.3. The normalized spacial score (nSPS) is 16.2. The van der Waals surface area contributed by atoms with Gasteiger partial charge in [0.15, 0.2) is 11.5 Å². The van der Waals surface area contributed by atoms with Gasteiger partial charge in [0.25, 0.3) is 0 Å². The molecule has 6 nitrogen and oxygen atoms in total. The highest BCUT2D eigenvalue weighted by Gasteiger charge is 2.34. The predicted octanol–water partition coefficient (Wildman–Crippen LogP) is 6.15. The fourth-order valence-corrected chi connectivity index (χ4v) is 3.88. The highest BCUT2D eigenvalue weighted by atomic mass is 35.5. The van der Waals surface area contributed by atoms with Gasteiger partial charge in [-0.25, -0.2) is 4.79 Å². The summed E-state index contributed by atoms with van der Waals surface area (Å²) in [5.41, 5.74) is 2.17. The summed E-state index contributed by atoms with van der Waals surface area (Å²) in [6.45, 7) is 8.38. The number of halogens is 2. The first-order valence-corrected chi connectivity index (χ1v) is 10.9. The Labute approximate surface area is 198 Å². The van der Waals surface area contributed by atoms with Crippen LogP contribution in [-0.2, 0) is 6.61 Å². The van der Waals surface area contributed by atoms with Crippen LogP contribution in [0.5, 0.6) is 11.5 Å². The number of benzene rings is 2. The van der Waals surface area contributed by atoms with E-state index in [-0.39, 0.29) is 12.6 Å². The van der Waals surface area contributed by atoms with Gasteiger partial charge in [-0.2, -0.15) is 5.26 Å². The number of hydrogen-bond donors (Lipinski definition) is 2. The van der Waals surface area contributed by atoms with E-state index in [0.717, 1.165) is 11.1 Å². The highest BCUT2D eigenvalue weighted by molar-refractivity contribution is 6.35. The van der Waals surface area contributed by atoms with Crippen molar-refractivity contribution in [2.75, 3.05) is 6.61 Å². The molecule has 0 bridgehead atoms. The van der Waals surface area contributed by atoms with E-state index in [9.17, 15) is 10.1 Å². The van der Waals surface area contributed by atoms with Gasteiger partial charge in [0.05, 0.1) is 24.3 Å². The molecule has 1 atom stereocenters. The van der Waals surface area contributed by atoms with Crippen LogP contribution in [0.2, 0.25) is 10.0 Å². The predicted molar refractivity (Wildman–Crippen MR) is 125 cm³/mol. The number of carbonyl (C=O) groups is 1. The lowest BCUT2D eigenvalue weighted by atomic mass is 9.84. The summed E-state index contributed by atoms with van der Waals surface area (Å²) in [6, 6.07) is 11.9.